The van der Waals surface area contributed by atoms with Gasteiger partial charge in [0.05, 0.1) is 14.2 Å². The number of phenols is 13. The number of hydrogen-bond donors (Lipinski definition) is 13. The second kappa shape index (κ2) is 39.7. The summed E-state index contributed by atoms with van der Waals surface area (Å²) in [5.41, 5.74) is 13.2. The Labute approximate surface area is 599 Å². The molecular formula is C88H82O15. The van der Waals surface area contributed by atoms with Crippen molar-refractivity contribution in [2.75, 3.05) is 14.2 Å². The minimum absolute atomic E-state index is 0.0235. The number of ether oxygens (including phenoxy) is 2. The van der Waals surface area contributed by atoms with E-state index in [9.17, 15) is 61.3 Å². The van der Waals surface area contributed by atoms with Gasteiger partial charge in [-0.3, -0.25) is 0 Å². The van der Waals surface area contributed by atoms with Gasteiger partial charge < -0.3 is 75.9 Å². The Bertz CT molecular complexity index is 4710. The second-order valence-electron chi connectivity index (χ2n) is 23.3. The van der Waals surface area contributed by atoms with E-state index >= 15 is 0 Å². The molecular weight excluding hydrogens is 1300 g/mol. The maximum Gasteiger partial charge on any atom is 0.161 e. The predicted octanol–water partition coefficient (Wildman–Crippen LogP) is 19.6. The van der Waals surface area contributed by atoms with E-state index in [-0.39, 0.29) is 74.7 Å². The smallest absolute Gasteiger partial charge is 0.161 e. The molecule has 0 bridgehead atoms. The van der Waals surface area contributed by atoms with Crippen LogP contribution < -0.4 is 9.47 Å². The maximum absolute atomic E-state index is 9.52. The molecule has 12 rings (SSSR count). The second-order valence-corrected chi connectivity index (χ2v) is 23.3. The molecule has 0 amide bonds. The van der Waals surface area contributed by atoms with Crippen LogP contribution in [0.15, 0.2) is 261 Å². The maximum atomic E-state index is 9.52. The van der Waals surface area contributed by atoms with Gasteiger partial charge in [-0.1, -0.05) is 188 Å². The summed E-state index contributed by atoms with van der Waals surface area (Å²) in [6.45, 7) is 3.84. The van der Waals surface area contributed by atoms with Gasteiger partial charge in [-0.15, -0.1) is 0 Å². The van der Waals surface area contributed by atoms with Crippen molar-refractivity contribution in [2.24, 2.45) is 0 Å². The van der Waals surface area contributed by atoms with Crippen LogP contribution in [0.25, 0.3) is 60.8 Å². The molecule has 15 nitrogen and oxygen atoms in total. The van der Waals surface area contributed by atoms with Crippen molar-refractivity contribution in [3.05, 3.63) is 339 Å². The summed E-state index contributed by atoms with van der Waals surface area (Å²) in [6.07, 6.45) is 20.4. The Kier molecular flexibility index (Phi) is 29.5. The molecule has 0 heterocycles. The van der Waals surface area contributed by atoms with Gasteiger partial charge in [0.2, 0.25) is 0 Å². The molecule has 0 saturated carbocycles. The molecule has 0 atom stereocenters. The number of rotatable bonds is 15. The molecule has 12 aromatic rings. The minimum Gasteiger partial charge on any atom is -0.508 e. The molecule has 524 valence electrons. The van der Waals surface area contributed by atoms with Crippen LogP contribution in [-0.2, 0) is 12.8 Å². The molecule has 0 aliphatic rings. The van der Waals surface area contributed by atoms with Gasteiger partial charge in [0.1, 0.15) is 63.2 Å². The Morgan fingerprint density at radius 3 is 0.951 bits per heavy atom. The molecule has 0 aliphatic heterocycles. The lowest BCUT2D eigenvalue weighted by molar-refractivity contribution is 0.373. The molecule has 0 aromatic heterocycles. The summed E-state index contributed by atoms with van der Waals surface area (Å²) in [6, 6.07) is 75.9. The van der Waals surface area contributed by atoms with Crippen molar-refractivity contribution < 1.29 is 75.9 Å². The van der Waals surface area contributed by atoms with E-state index in [2.05, 4.69) is 12.1 Å². The first-order valence-corrected chi connectivity index (χ1v) is 32.3. The van der Waals surface area contributed by atoms with Crippen molar-refractivity contribution in [1.29, 1.82) is 0 Å². The molecule has 0 aliphatic carbocycles. The van der Waals surface area contributed by atoms with Crippen LogP contribution in [0.5, 0.6) is 86.2 Å². The molecule has 0 spiro atoms. The predicted molar refractivity (Wildman–Crippen MR) is 414 cm³/mol. The van der Waals surface area contributed by atoms with Crippen LogP contribution in [0.3, 0.4) is 0 Å². The molecule has 0 radical (unpaired) electrons. The average Bonchev–Trinajstić information content (AvgIpc) is 2.63. The SMILES string of the molecule is COc1cc(/C=C/c2cc(C)cc(O)c2)ccc1O.COc1cc(O)cc(/C=C/c2ccccc2)c1.Cc1cc(O)cc(/C=C/c2ccc(O)c(O)c2)c1.Oc1cc(O)cc(/C=C/c2ccccc2)c1.Oc1cc(O)cc(CCc2ccccc2)c1.Oc1ccc(/C=C/c2cc(O)cc(O)c2)cc1. The van der Waals surface area contributed by atoms with Crippen LogP contribution in [0.2, 0.25) is 0 Å². The highest BCUT2D eigenvalue weighted by Gasteiger charge is 2.05. The number of methoxy groups -OCH3 is 2. The standard InChI is InChI=1S/C16H16O3.C15H14O3.C15H14O2.C14H12O3.C14H14O2.C14H12O2/c1-11-7-13(9-14(17)8-11)4-3-12-5-6-15(18)16(10-12)19-2;1-10-6-12(8-13(16)7-10)3-2-11-4-5-14(17)15(18)9-11;1-17-15-10-13(9-14(16)11-15)8-7-12-5-3-2-4-6-12;15-12-5-3-10(4-6-12)1-2-11-7-13(16)9-14(17)8-11;2*15-13-8-12(9-14(16)10-13)7-6-11-4-2-1-3-5-11/h3-10,17-18H,1-2H3;2-9,16-18H,1H3;2-11,16H,1H3;1-9,15-17H;1-5,8-10,15-16H,6-7H2;1-10,15-16H/b4-3+;3-2+;8-7+;2-1+;;7-6+. The number of phenolic OH excluding ortho intramolecular Hbond substituents is 13. The van der Waals surface area contributed by atoms with Gasteiger partial charge in [0, 0.05) is 24.3 Å². The highest BCUT2D eigenvalue weighted by Crippen LogP contribution is 2.31. The fourth-order valence-electron chi connectivity index (χ4n) is 9.88. The molecule has 0 fully saturated rings. The van der Waals surface area contributed by atoms with Gasteiger partial charge >= 0.3 is 0 Å². The van der Waals surface area contributed by atoms with E-state index in [1.807, 2.05) is 160 Å². The zero-order chi connectivity index (χ0) is 74.0. The summed E-state index contributed by atoms with van der Waals surface area (Å²) >= 11 is 0. The van der Waals surface area contributed by atoms with Crippen molar-refractivity contribution in [1.82, 2.24) is 0 Å². The average molecular weight is 1380 g/mol. The Balaban J connectivity index is 0.000000173. The first-order valence-electron chi connectivity index (χ1n) is 32.3. The highest BCUT2D eigenvalue weighted by atomic mass is 16.5. The lowest BCUT2D eigenvalue weighted by atomic mass is 10.0. The van der Waals surface area contributed by atoms with Crippen LogP contribution in [0.1, 0.15) is 77.9 Å². The van der Waals surface area contributed by atoms with Gasteiger partial charge in [-0.05, 0) is 214 Å². The van der Waals surface area contributed by atoms with E-state index in [0.29, 0.717) is 17.1 Å². The van der Waals surface area contributed by atoms with Crippen molar-refractivity contribution in [3.63, 3.8) is 0 Å². The van der Waals surface area contributed by atoms with Crippen LogP contribution in [0, 0.1) is 13.8 Å². The molecule has 13 N–H and O–H groups in total. The third-order valence-corrected chi connectivity index (χ3v) is 14.7. The fourth-order valence-corrected chi connectivity index (χ4v) is 9.88. The van der Waals surface area contributed by atoms with E-state index in [1.165, 1.54) is 43.0 Å². The largest absolute Gasteiger partial charge is 0.508 e. The van der Waals surface area contributed by atoms with E-state index in [0.717, 1.165) is 79.6 Å². The number of hydrogen-bond acceptors (Lipinski definition) is 15. The zero-order valence-corrected chi connectivity index (χ0v) is 57.1. The van der Waals surface area contributed by atoms with E-state index in [1.54, 1.807) is 141 Å². The van der Waals surface area contributed by atoms with Crippen LogP contribution in [0.4, 0.5) is 0 Å². The van der Waals surface area contributed by atoms with Crippen molar-refractivity contribution in [3.8, 4) is 86.2 Å². The Hall–Kier alpha value is -13.7. The molecule has 12 aromatic carbocycles. The van der Waals surface area contributed by atoms with Gasteiger partial charge in [-0.25, -0.2) is 0 Å². The fraction of sp³-hybridized carbons (Fsp3) is 0.0682. The van der Waals surface area contributed by atoms with Gasteiger partial charge in [0.25, 0.3) is 0 Å². The summed E-state index contributed by atoms with van der Waals surface area (Å²) in [7, 11) is 3.10. The Morgan fingerprint density at radius 1 is 0.223 bits per heavy atom. The van der Waals surface area contributed by atoms with Crippen LogP contribution in [-0.4, -0.2) is 80.6 Å². The lowest BCUT2D eigenvalue weighted by Gasteiger charge is -2.04. The molecule has 103 heavy (non-hydrogen) atoms. The topological polar surface area (TPSA) is 281 Å². The third-order valence-electron chi connectivity index (χ3n) is 14.7. The number of benzene rings is 12. The quantitative estimate of drug-likeness (QED) is 0.0336. The summed E-state index contributed by atoms with van der Waals surface area (Å²) in [4.78, 5) is 0. The number of aryl methyl sites for hydroxylation is 4. The summed E-state index contributed by atoms with van der Waals surface area (Å²) in [5, 5.41) is 122. The molecule has 0 saturated heterocycles. The van der Waals surface area contributed by atoms with Crippen molar-refractivity contribution >= 4 is 60.8 Å². The minimum atomic E-state index is -0.149. The summed E-state index contributed by atoms with van der Waals surface area (Å²) in [5.74, 6) is 2.22. The van der Waals surface area contributed by atoms with Crippen LogP contribution >= 0.6 is 0 Å². The first kappa shape index (κ1) is 76.7. The number of aromatic hydroxyl groups is 13. The normalized spacial score (nSPS) is 10.7. The van der Waals surface area contributed by atoms with E-state index < -0.39 is 0 Å². The van der Waals surface area contributed by atoms with E-state index in [4.69, 9.17) is 14.6 Å². The molecule has 0 unspecified atom stereocenters. The monoisotopic (exact) mass is 1380 g/mol. The highest BCUT2D eigenvalue weighted by molar-refractivity contribution is 5.75. The lowest BCUT2D eigenvalue weighted by Crippen LogP contribution is -1.90. The Morgan fingerprint density at radius 2 is 0.544 bits per heavy atom. The summed E-state index contributed by atoms with van der Waals surface area (Å²) < 4.78 is 10.1. The van der Waals surface area contributed by atoms with Gasteiger partial charge in [-0.2, -0.15) is 0 Å². The van der Waals surface area contributed by atoms with Gasteiger partial charge in [0.15, 0.2) is 23.0 Å². The first-order chi connectivity index (χ1) is 49.5. The van der Waals surface area contributed by atoms with Crippen molar-refractivity contribution in [2.45, 2.75) is 26.7 Å². The zero-order valence-electron chi connectivity index (χ0n) is 57.1. The molecule has 15 heteroatoms. The third kappa shape index (κ3) is 28.4.